The number of ketones is 1. The van der Waals surface area contributed by atoms with E-state index in [9.17, 15) is 4.79 Å². The summed E-state index contributed by atoms with van der Waals surface area (Å²) in [5.74, 6) is 0.131. The Morgan fingerprint density at radius 3 is 2.50 bits per heavy atom. The second-order valence-corrected chi connectivity index (χ2v) is 6.02. The summed E-state index contributed by atoms with van der Waals surface area (Å²) in [6.07, 6.45) is 1.79. The van der Waals surface area contributed by atoms with E-state index in [0.29, 0.717) is 0 Å². The topological polar surface area (TPSA) is 17.1 Å². The molecule has 3 rings (SSSR count). The van der Waals surface area contributed by atoms with Crippen LogP contribution < -0.4 is 0 Å². The largest absolute Gasteiger partial charge is 0.289 e. The normalized spacial score (nSPS) is 13.8. The lowest BCUT2D eigenvalue weighted by atomic mass is 9.99. The predicted molar refractivity (Wildman–Crippen MR) is 79.1 cm³/mol. The summed E-state index contributed by atoms with van der Waals surface area (Å²) in [6, 6.07) is 11.7. The first-order valence-corrected chi connectivity index (χ1v) is 7.36. The highest BCUT2D eigenvalue weighted by atomic mass is 79.9. The molecule has 0 spiro atoms. The minimum absolute atomic E-state index is 0.131. The van der Waals surface area contributed by atoms with Crippen LogP contribution in [0.4, 0.5) is 0 Å². The summed E-state index contributed by atoms with van der Waals surface area (Å²) in [5, 5.41) is 0. The van der Waals surface area contributed by atoms with Gasteiger partial charge in [0.2, 0.25) is 0 Å². The predicted octanol–water partition coefficient (Wildman–Crippen LogP) is 4.54. The average Bonchev–Trinajstić information content (AvgIpc) is 2.53. The van der Waals surface area contributed by atoms with E-state index in [-0.39, 0.29) is 5.78 Å². The molecule has 1 aliphatic rings. The van der Waals surface area contributed by atoms with Crippen LogP contribution in [-0.4, -0.2) is 5.78 Å². The molecule has 0 fully saturated rings. The number of benzene rings is 2. The maximum absolute atomic E-state index is 12.6. The molecule has 90 valence electrons. The third-order valence-corrected chi connectivity index (χ3v) is 5.45. The SMILES string of the molecule is O=C1c2ccccc2CCc2c1ccc(Br)c2Br. The van der Waals surface area contributed by atoms with Crippen LogP contribution in [0.1, 0.15) is 27.0 Å². The summed E-state index contributed by atoms with van der Waals surface area (Å²) in [6.45, 7) is 0. The monoisotopic (exact) mass is 364 g/mol. The zero-order valence-corrected chi connectivity index (χ0v) is 12.7. The Kier molecular flexibility index (Phi) is 3.12. The molecule has 0 radical (unpaired) electrons. The fraction of sp³-hybridized carbons (Fsp3) is 0.133. The third-order valence-electron chi connectivity index (χ3n) is 3.35. The minimum Gasteiger partial charge on any atom is -0.289 e. The van der Waals surface area contributed by atoms with Crippen molar-refractivity contribution in [1.29, 1.82) is 0 Å². The van der Waals surface area contributed by atoms with Gasteiger partial charge in [-0.3, -0.25) is 4.79 Å². The molecular weight excluding hydrogens is 356 g/mol. The van der Waals surface area contributed by atoms with Gasteiger partial charge in [-0.25, -0.2) is 0 Å². The molecule has 2 aromatic carbocycles. The Morgan fingerprint density at radius 2 is 1.67 bits per heavy atom. The van der Waals surface area contributed by atoms with E-state index in [1.807, 2.05) is 36.4 Å². The van der Waals surface area contributed by atoms with Gasteiger partial charge in [0.05, 0.1) is 0 Å². The van der Waals surface area contributed by atoms with E-state index in [0.717, 1.165) is 44.0 Å². The minimum atomic E-state index is 0.131. The van der Waals surface area contributed by atoms with Gasteiger partial charge in [0.25, 0.3) is 0 Å². The Bertz CT molecular complexity index is 647. The van der Waals surface area contributed by atoms with Gasteiger partial charge in [0.1, 0.15) is 0 Å². The van der Waals surface area contributed by atoms with Crippen molar-refractivity contribution in [3.8, 4) is 0 Å². The number of hydrogen-bond acceptors (Lipinski definition) is 1. The summed E-state index contributed by atoms with van der Waals surface area (Å²) in [7, 11) is 0. The number of carbonyl (C=O) groups is 1. The van der Waals surface area contributed by atoms with Gasteiger partial charge < -0.3 is 0 Å². The molecule has 0 N–H and O–H groups in total. The lowest BCUT2D eigenvalue weighted by molar-refractivity contribution is 0.103. The van der Waals surface area contributed by atoms with E-state index in [1.54, 1.807) is 0 Å². The van der Waals surface area contributed by atoms with Crippen LogP contribution in [0.15, 0.2) is 45.3 Å². The molecule has 0 aromatic heterocycles. The molecule has 0 amide bonds. The molecule has 1 aliphatic carbocycles. The number of fused-ring (bicyclic) bond motifs is 2. The molecule has 0 saturated heterocycles. The first-order valence-electron chi connectivity index (χ1n) is 5.78. The van der Waals surface area contributed by atoms with Crippen LogP contribution in [0.5, 0.6) is 0 Å². The number of rotatable bonds is 0. The van der Waals surface area contributed by atoms with Crippen LogP contribution in [0, 0.1) is 0 Å². The van der Waals surface area contributed by atoms with Crippen molar-refractivity contribution in [2.24, 2.45) is 0 Å². The highest BCUT2D eigenvalue weighted by Crippen LogP contribution is 2.34. The zero-order valence-electron chi connectivity index (χ0n) is 9.54. The molecule has 2 aromatic rings. The fourth-order valence-electron chi connectivity index (χ4n) is 2.41. The Hall–Kier alpha value is -0.930. The maximum Gasteiger partial charge on any atom is 0.193 e. The van der Waals surface area contributed by atoms with Crippen molar-refractivity contribution < 1.29 is 4.79 Å². The van der Waals surface area contributed by atoms with E-state index in [2.05, 4.69) is 31.9 Å². The number of hydrogen-bond donors (Lipinski definition) is 0. The smallest absolute Gasteiger partial charge is 0.193 e. The van der Waals surface area contributed by atoms with E-state index < -0.39 is 0 Å². The third kappa shape index (κ3) is 1.86. The first-order chi connectivity index (χ1) is 8.68. The number of halogens is 2. The zero-order chi connectivity index (χ0) is 12.7. The van der Waals surface area contributed by atoms with Gasteiger partial charge in [-0.15, -0.1) is 0 Å². The summed E-state index contributed by atoms with van der Waals surface area (Å²) >= 11 is 7.07. The second-order valence-electron chi connectivity index (χ2n) is 4.37. The van der Waals surface area contributed by atoms with Crippen LogP contribution in [-0.2, 0) is 12.8 Å². The first kappa shape index (κ1) is 12.1. The Labute approximate surface area is 122 Å². The molecule has 0 aliphatic heterocycles. The van der Waals surface area contributed by atoms with Crippen molar-refractivity contribution in [3.05, 3.63) is 67.6 Å². The van der Waals surface area contributed by atoms with E-state index in [1.165, 1.54) is 0 Å². The van der Waals surface area contributed by atoms with Crippen LogP contribution in [0.3, 0.4) is 0 Å². The molecule has 18 heavy (non-hydrogen) atoms. The summed E-state index contributed by atoms with van der Waals surface area (Å²) in [4.78, 5) is 12.6. The molecule has 0 unspecified atom stereocenters. The highest BCUT2D eigenvalue weighted by molar-refractivity contribution is 9.13. The van der Waals surface area contributed by atoms with Gasteiger partial charge in [0, 0.05) is 20.1 Å². The Balaban J connectivity index is 2.24. The molecular formula is C15H10Br2O. The highest BCUT2D eigenvalue weighted by Gasteiger charge is 2.22. The molecule has 0 saturated carbocycles. The van der Waals surface area contributed by atoms with Crippen LogP contribution >= 0.6 is 31.9 Å². The van der Waals surface area contributed by atoms with Gasteiger partial charge in [-0.05, 0) is 68.0 Å². The van der Waals surface area contributed by atoms with Crippen molar-refractivity contribution >= 4 is 37.6 Å². The van der Waals surface area contributed by atoms with E-state index >= 15 is 0 Å². The molecule has 1 nitrogen and oxygen atoms in total. The van der Waals surface area contributed by atoms with Crippen LogP contribution in [0.25, 0.3) is 0 Å². The van der Waals surface area contributed by atoms with Gasteiger partial charge in [0.15, 0.2) is 5.78 Å². The van der Waals surface area contributed by atoms with E-state index in [4.69, 9.17) is 0 Å². The number of carbonyl (C=O) groups excluding carboxylic acids is 1. The maximum atomic E-state index is 12.6. The lowest BCUT2D eigenvalue weighted by Gasteiger charge is -2.08. The van der Waals surface area contributed by atoms with Gasteiger partial charge in [-0.2, -0.15) is 0 Å². The van der Waals surface area contributed by atoms with Crippen LogP contribution in [0.2, 0.25) is 0 Å². The average molecular weight is 366 g/mol. The second kappa shape index (κ2) is 4.63. The Morgan fingerprint density at radius 1 is 0.889 bits per heavy atom. The molecule has 3 heteroatoms. The molecule has 0 atom stereocenters. The summed E-state index contributed by atoms with van der Waals surface area (Å²) in [5.41, 5.74) is 3.90. The number of aryl methyl sites for hydroxylation is 1. The van der Waals surface area contributed by atoms with Crippen molar-refractivity contribution in [3.63, 3.8) is 0 Å². The quantitative estimate of drug-likeness (QED) is 0.669. The molecule has 0 heterocycles. The standard InChI is InChI=1S/C15H10Br2O/c16-13-8-7-12-11(14(13)17)6-5-9-3-1-2-4-10(9)15(12)18/h1-4,7-8H,5-6H2. The van der Waals surface area contributed by atoms with Gasteiger partial charge in [-0.1, -0.05) is 24.3 Å². The van der Waals surface area contributed by atoms with Crippen molar-refractivity contribution in [2.45, 2.75) is 12.8 Å². The van der Waals surface area contributed by atoms with Crippen molar-refractivity contribution in [1.82, 2.24) is 0 Å². The molecule has 0 bridgehead atoms. The van der Waals surface area contributed by atoms with Crippen molar-refractivity contribution in [2.75, 3.05) is 0 Å². The van der Waals surface area contributed by atoms with Gasteiger partial charge >= 0.3 is 0 Å². The lowest BCUT2D eigenvalue weighted by Crippen LogP contribution is -2.04. The fourth-order valence-corrected chi connectivity index (χ4v) is 3.33. The summed E-state index contributed by atoms with van der Waals surface area (Å²) < 4.78 is 2.00.